The first kappa shape index (κ1) is 19.0. The van der Waals surface area contributed by atoms with Crippen LogP contribution in [-0.4, -0.2) is 19.9 Å². The van der Waals surface area contributed by atoms with Crippen LogP contribution in [0.3, 0.4) is 0 Å². The highest BCUT2D eigenvalue weighted by Gasteiger charge is 2.18. The van der Waals surface area contributed by atoms with E-state index in [0.29, 0.717) is 39.6 Å². The molecular weight excluding hydrogens is 394 g/mol. The number of benzene rings is 2. The molecule has 7 nitrogen and oxygen atoms in total. The van der Waals surface area contributed by atoms with Crippen LogP contribution in [0.5, 0.6) is 17.6 Å². The van der Waals surface area contributed by atoms with E-state index in [2.05, 4.69) is 10.1 Å². The van der Waals surface area contributed by atoms with Gasteiger partial charge in [0, 0.05) is 18.1 Å². The molecule has 4 rings (SSSR count). The van der Waals surface area contributed by atoms with E-state index in [-0.39, 0.29) is 22.9 Å². The van der Waals surface area contributed by atoms with Gasteiger partial charge in [0.15, 0.2) is 11.3 Å². The molecule has 2 aromatic carbocycles. The normalized spacial score (nSPS) is 11.2. The van der Waals surface area contributed by atoms with Gasteiger partial charge in [-0.2, -0.15) is 10.1 Å². The maximum absolute atomic E-state index is 12.6. The van der Waals surface area contributed by atoms with Crippen LogP contribution < -0.4 is 10.3 Å². The van der Waals surface area contributed by atoms with Crippen LogP contribution in [0.15, 0.2) is 45.6 Å². The van der Waals surface area contributed by atoms with Crippen molar-refractivity contribution in [2.45, 2.75) is 20.3 Å². The molecular formula is C21H18ClN3O4. The molecule has 1 N–H and O–H groups in total. The van der Waals surface area contributed by atoms with E-state index in [1.165, 1.54) is 4.68 Å². The molecule has 0 spiro atoms. The van der Waals surface area contributed by atoms with Crippen molar-refractivity contribution in [1.82, 2.24) is 14.8 Å². The van der Waals surface area contributed by atoms with E-state index in [1.807, 2.05) is 6.92 Å². The highest BCUT2D eigenvalue weighted by molar-refractivity contribution is 6.31. The van der Waals surface area contributed by atoms with Gasteiger partial charge in [0.25, 0.3) is 5.56 Å². The van der Waals surface area contributed by atoms with Crippen molar-refractivity contribution in [1.29, 1.82) is 0 Å². The molecule has 0 bridgehead atoms. The second-order valence-corrected chi connectivity index (χ2v) is 7.04. The first-order valence-electron chi connectivity index (χ1n) is 9.01. The van der Waals surface area contributed by atoms with Gasteiger partial charge >= 0.3 is 6.08 Å². The number of aromatic hydroxyl groups is 1. The highest BCUT2D eigenvalue weighted by Crippen LogP contribution is 2.34. The summed E-state index contributed by atoms with van der Waals surface area (Å²) in [6.07, 6.45) is 0.718. The van der Waals surface area contributed by atoms with E-state index in [0.717, 1.165) is 5.56 Å². The summed E-state index contributed by atoms with van der Waals surface area (Å²) < 4.78 is 12.6. The Bertz CT molecular complexity index is 1290. The second kappa shape index (κ2) is 7.25. The lowest BCUT2D eigenvalue weighted by Crippen LogP contribution is -2.22. The minimum absolute atomic E-state index is 0.0931. The predicted octanol–water partition coefficient (Wildman–Crippen LogP) is 4.61. The molecule has 0 aliphatic heterocycles. The van der Waals surface area contributed by atoms with Gasteiger partial charge in [-0.05, 0) is 48.7 Å². The fourth-order valence-electron chi connectivity index (χ4n) is 3.20. The van der Waals surface area contributed by atoms with Crippen LogP contribution in [-0.2, 0) is 13.5 Å². The van der Waals surface area contributed by atoms with Crippen LogP contribution in [0.1, 0.15) is 18.2 Å². The third kappa shape index (κ3) is 3.45. The standard InChI is InChI=1S/C21H18ClN3O4/c1-4-12-9-14(28-21-23-16-8-5-13(22)10-17(16)29-21)6-7-15(12)18-19(26)11(2)24-25(3)20(18)27/h5-10,26H,4H2,1-3H3. The summed E-state index contributed by atoms with van der Waals surface area (Å²) in [5.41, 5.74) is 2.87. The van der Waals surface area contributed by atoms with Crippen molar-refractivity contribution in [3.63, 3.8) is 0 Å². The van der Waals surface area contributed by atoms with Gasteiger partial charge in [0.05, 0.1) is 5.56 Å². The molecule has 0 fully saturated rings. The van der Waals surface area contributed by atoms with E-state index in [9.17, 15) is 9.90 Å². The Morgan fingerprint density at radius 3 is 2.79 bits per heavy atom. The van der Waals surface area contributed by atoms with Crippen LogP contribution >= 0.6 is 11.6 Å². The fraction of sp³-hybridized carbons (Fsp3) is 0.190. The molecule has 2 heterocycles. The van der Waals surface area contributed by atoms with Gasteiger partial charge in [0.2, 0.25) is 0 Å². The zero-order valence-electron chi connectivity index (χ0n) is 16.1. The van der Waals surface area contributed by atoms with Gasteiger partial charge in [-0.1, -0.05) is 24.6 Å². The maximum Gasteiger partial charge on any atom is 0.400 e. The molecule has 0 saturated heterocycles. The van der Waals surface area contributed by atoms with Crippen LogP contribution in [0.25, 0.3) is 22.2 Å². The third-order valence-electron chi connectivity index (χ3n) is 4.65. The van der Waals surface area contributed by atoms with Gasteiger partial charge in [-0.3, -0.25) is 4.79 Å². The lowest BCUT2D eigenvalue weighted by molar-refractivity contribution is 0.343. The molecule has 0 saturated carbocycles. The molecule has 0 radical (unpaired) electrons. The number of halogens is 1. The number of hydrogen-bond donors (Lipinski definition) is 1. The quantitative estimate of drug-likeness (QED) is 0.527. The van der Waals surface area contributed by atoms with Gasteiger partial charge < -0.3 is 14.3 Å². The van der Waals surface area contributed by atoms with Crippen molar-refractivity contribution in [2.75, 3.05) is 0 Å². The van der Waals surface area contributed by atoms with Crippen LogP contribution in [0.2, 0.25) is 5.02 Å². The van der Waals surface area contributed by atoms with Gasteiger partial charge in [-0.25, -0.2) is 4.68 Å². The summed E-state index contributed by atoms with van der Waals surface area (Å²) in [6.45, 7) is 3.61. The molecule has 29 heavy (non-hydrogen) atoms. The van der Waals surface area contributed by atoms with E-state index < -0.39 is 0 Å². The van der Waals surface area contributed by atoms with Crippen LogP contribution in [0.4, 0.5) is 0 Å². The number of fused-ring (bicyclic) bond motifs is 1. The molecule has 0 aliphatic rings. The number of oxazole rings is 1. The molecule has 0 atom stereocenters. The second-order valence-electron chi connectivity index (χ2n) is 6.60. The summed E-state index contributed by atoms with van der Waals surface area (Å²) >= 11 is 5.97. The summed E-state index contributed by atoms with van der Waals surface area (Å²) in [5, 5.41) is 15.0. The van der Waals surface area contributed by atoms with E-state index in [4.69, 9.17) is 20.8 Å². The van der Waals surface area contributed by atoms with Crippen molar-refractivity contribution in [3.05, 3.63) is 63.0 Å². The first-order valence-corrected chi connectivity index (χ1v) is 9.39. The summed E-state index contributed by atoms with van der Waals surface area (Å²) in [6, 6.07) is 10.4. The summed E-state index contributed by atoms with van der Waals surface area (Å²) in [7, 11) is 1.56. The van der Waals surface area contributed by atoms with Crippen molar-refractivity contribution < 1.29 is 14.3 Å². The summed E-state index contributed by atoms with van der Waals surface area (Å²) in [5.74, 6) is 0.387. The van der Waals surface area contributed by atoms with Crippen molar-refractivity contribution in [2.24, 2.45) is 7.05 Å². The highest BCUT2D eigenvalue weighted by atomic mass is 35.5. The van der Waals surface area contributed by atoms with Gasteiger partial charge in [-0.15, -0.1) is 0 Å². The molecule has 0 amide bonds. The Labute approximate surface area is 171 Å². The summed E-state index contributed by atoms with van der Waals surface area (Å²) in [4.78, 5) is 16.9. The molecule has 0 unspecified atom stereocenters. The Morgan fingerprint density at radius 1 is 1.24 bits per heavy atom. The van der Waals surface area contributed by atoms with Crippen molar-refractivity contribution >= 4 is 22.7 Å². The number of ether oxygens (including phenoxy) is 1. The monoisotopic (exact) mass is 411 g/mol. The number of aromatic nitrogens is 3. The molecule has 148 valence electrons. The van der Waals surface area contributed by atoms with E-state index >= 15 is 0 Å². The molecule has 0 aliphatic carbocycles. The first-order chi connectivity index (χ1) is 13.9. The Hall–Kier alpha value is -3.32. The largest absolute Gasteiger partial charge is 0.505 e. The number of nitrogens with zero attached hydrogens (tertiary/aromatic N) is 3. The fourth-order valence-corrected chi connectivity index (χ4v) is 3.36. The zero-order chi connectivity index (χ0) is 20.7. The number of aryl methyl sites for hydroxylation is 3. The Balaban J connectivity index is 1.75. The lowest BCUT2D eigenvalue weighted by Gasteiger charge is -2.13. The van der Waals surface area contributed by atoms with Crippen molar-refractivity contribution in [3.8, 4) is 28.7 Å². The SMILES string of the molecule is CCc1cc(Oc2nc3ccc(Cl)cc3o2)ccc1-c1c(O)c(C)nn(C)c1=O. The average molecular weight is 412 g/mol. The average Bonchev–Trinajstić information content (AvgIpc) is 3.08. The number of hydrogen-bond acceptors (Lipinski definition) is 6. The predicted molar refractivity (Wildman–Crippen MR) is 110 cm³/mol. The topological polar surface area (TPSA) is 90.4 Å². The molecule has 8 heteroatoms. The van der Waals surface area contributed by atoms with Crippen LogP contribution in [0, 0.1) is 6.92 Å². The minimum Gasteiger partial charge on any atom is -0.505 e. The maximum atomic E-state index is 12.6. The Morgan fingerprint density at radius 2 is 2.03 bits per heavy atom. The molecule has 2 aromatic heterocycles. The zero-order valence-corrected chi connectivity index (χ0v) is 16.8. The minimum atomic E-state index is -0.368. The number of rotatable bonds is 4. The van der Waals surface area contributed by atoms with E-state index in [1.54, 1.807) is 50.4 Å². The lowest BCUT2D eigenvalue weighted by atomic mass is 9.98. The third-order valence-corrected chi connectivity index (χ3v) is 4.89. The Kier molecular flexibility index (Phi) is 4.76. The molecule has 4 aromatic rings. The van der Waals surface area contributed by atoms with Gasteiger partial charge in [0.1, 0.15) is 17.0 Å². The smallest absolute Gasteiger partial charge is 0.400 e.